The van der Waals surface area contributed by atoms with Crippen LogP contribution in [0.15, 0.2) is 36.9 Å². The normalized spacial score (nSPS) is 13.4. The minimum atomic E-state index is -4.40. The molecule has 0 bridgehead atoms. The van der Waals surface area contributed by atoms with Crippen LogP contribution in [0.25, 0.3) is 27.8 Å². The first-order valence-corrected chi connectivity index (χ1v) is 7.63. The number of H-pyrrole nitrogens is 1. The molecule has 4 heterocycles. The Kier molecular flexibility index (Phi) is 3.56. The summed E-state index contributed by atoms with van der Waals surface area (Å²) in [7, 11) is 0. The lowest BCUT2D eigenvalue weighted by Crippen LogP contribution is -2.33. The summed E-state index contributed by atoms with van der Waals surface area (Å²) in [5, 5.41) is 2.83. The van der Waals surface area contributed by atoms with Crippen molar-refractivity contribution in [1.29, 1.82) is 0 Å². The number of pyridine rings is 1. The van der Waals surface area contributed by atoms with Gasteiger partial charge < -0.3 is 10.3 Å². The SMILES string of the molecule is C[C@H](Nc1ncc2c(-c3ccc4ncc(F)n4c3)c[nH]c2n1)C(F)(F)F. The van der Waals surface area contributed by atoms with E-state index in [1.807, 2.05) is 0 Å². The van der Waals surface area contributed by atoms with Gasteiger partial charge in [0.1, 0.15) is 17.3 Å². The molecule has 6 nitrogen and oxygen atoms in total. The summed E-state index contributed by atoms with van der Waals surface area (Å²) in [4.78, 5) is 14.8. The summed E-state index contributed by atoms with van der Waals surface area (Å²) in [6.07, 6.45) is 1.37. The predicted molar refractivity (Wildman–Crippen MR) is 87.2 cm³/mol. The molecule has 10 heteroatoms. The molecule has 0 aliphatic carbocycles. The molecule has 0 amide bonds. The van der Waals surface area contributed by atoms with E-state index in [1.54, 1.807) is 24.5 Å². The van der Waals surface area contributed by atoms with Crippen molar-refractivity contribution in [2.75, 3.05) is 5.32 Å². The highest BCUT2D eigenvalue weighted by molar-refractivity contribution is 5.93. The van der Waals surface area contributed by atoms with E-state index in [1.165, 1.54) is 10.6 Å². The second-order valence-electron chi connectivity index (χ2n) is 5.79. The minimum Gasteiger partial charge on any atom is -0.345 e. The maximum atomic E-state index is 13.7. The second kappa shape index (κ2) is 5.68. The van der Waals surface area contributed by atoms with Crippen LogP contribution in [0.4, 0.5) is 23.5 Å². The van der Waals surface area contributed by atoms with E-state index in [0.29, 0.717) is 27.8 Å². The highest BCUT2D eigenvalue weighted by atomic mass is 19.4. The number of aromatic nitrogens is 5. The number of rotatable bonds is 3. The van der Waals surface area contributed by atoms with Crippen LogP contribution in [0.5, 0.6) is 0 Å². The zero-order valence-electron chi connectivity index (χ0n) is 13.3. The van der Waals surface area contributed by atoms with Crippen LogP contribution in [-0.2, 0) is 0 Å². The number of hydrogen-bond acceptors (Lipinski definition) is 4. The molecule has 4 aromatic heterocycles. The molecular weight excluding hydrogens is 352 g/mol. The van der Waals surface area contributed by atoms with E-state index in [0.717, 1.165) is 13.1 Å². The highest BCUT2D eigenvalue weighted by Crippen LogP contribution is 2.29. The van der Waals surface area contributed by atoms with Gasteiger partial charge in [0, 0.05) is 35.1 Å². The molecule has 0 spiro atoms. The summed E-state index contributed by atoms with van der Waals surface area (Å²) in [5.74, 6) is -0.627. The number of anilines is 1. The molecule has 0 saturated carbocycles. The topological polar surface area (TPSA) is 70.9 Å². The molecule has 4 rings (SSSR count). The van der Waals surface area contributed by atoms with Gasteiger partial charge in [-0.3, -0.25) is 4.40 Å². The Bertz CT molecular complexity index is 1100. The average Bonchev–Trinajstić information content (AvgIpc) is 3.17. The van der Waals surface area contributed by atoms with Gasteiger partial charge in [-0.25, -0.2) is 9.97 Å². The fourth-order valence-electron chi connectivity index (χ4n) is 2.60. The van der Waals surface area contributed by atoms with Crippen molar-refractivity contribution < 1.29 is 17.6 Å². The number of fused-ring (bicyclic) bond motifs is 2. The number of hydrogen-bond donors (Lipinski definition) is 2. The van der Waals surface area contributed by atoms with Gasteiger partial charge in [0.25, 0.3) is 0 Å². The third kappa shape index (κ3) is 2.72. The fourth-order valence-corrected chi connectivity index (χ4v) is 2.60. The quantitative estimate of drug-likeness (QED) is 0.543. The highest BCUT2D eigenvalue weighted by Gasteiger charge is 2.36. The molecule has 4 aromatic rings. The van der Waals surface area contributed by atoms with Gasteiger partial charge in [-0.05, 0) is 19.1 Å². The summed E-state index contributed by atoms with van der Waals surface area (Å²) < 4.78 is 53.0. The van der Waals surface area contributed by atoms with E-state index in [4.69, 9.17) is 0 Å². The number of nitrogens with one attached hydrogen (secondary N) is 2. The monoisotopic (exact) mass is 364 g/mol. The number of nitrogens with zero attached hydrogens (tertiary/aromatic N) is 4. The standard InChI is InChI=1S/C16H12F4N6/c1-8(16(18,19)20)24-15-23-5-11-10(4-22-14(11)25-15)9-2-3-13-21-6-12(17)26(13)7-9/h2-8H,1H3,(H2,22,23,24,25)/t8-/m0/s1. The van der Waals surface area contributed by atoms with Gasteiger partial charge in [0.15, 0.2) is 0 Å². The van der Waals surface area contributed by atoms with Crippen molar-refractivity contribution in [3.63, 3.8) is 0 Å². The molecule has 26 heavy (non-hydrogen) atoms. The molecule has 0 saturated heterocycles. The Balaban J connectivity index is 1.71. The molecule has 1 atom stereocenters. The van der Waals surface area contributed by atoms with Crippen LogP contribution in [0.3, 0.4) is 0 Å². The summed E-state index contributed by atoms with van der Waals surface area (Å²) in [6.45, 7) is 0.989. The van der Waals surface area contributed by atoms with Gasteiger partial charge in [0.05, 0.1) is 6.20 Å². The Labute approximate surface area is 143 Å². The molecule has 2 N–H and O–H groups in total. The number of halogens is 4. The van der Waals surface area contributed by atoms with Crippen LogP contribution in [-0.4, -0.2) is 36.6 Å². The van der Waals surface area contributed by atoms with E-state index in [-0.39, 0.29) is 5.95 Å². The van der Waals surface area contributed by atoms with Crippen molar-refractivity contribution in [1.82, 2.24) is 24.3 Å². The Morgan fingerprint density at radius 1 is 1.19 bits per heavy atom. The van der Waals surface area contributed by atoms with E-state index >= 15 is 0 Å². The van der Waals surface area contributed by atoms with Gasteiger partial charge in [-0.15, -0.1) is 0 Å². The number of aromatic amines is 1. The molecular formula is C16H12F4N6. The van der Waals surface area contributed by atoms with Gasteiger partial charge >= 0.3 is 6.18 Å². The van der Waals surface area contributed by atoms with Crippen LogP contribution in [0, 0.1) is 5.95 Å². The minimum absolute atomic E-state index is 0.133. The van der Waals surface area contributed by atoms with Crippen molar-refractivity contribution in [3.05, 3.63) is 42.9 Å². The second-order valence-corrected chi connectivity index (χ2v) is 5.79. The predicted octanol–water partition coefficient (Wildman–Crippen LogP) is 3.77. The van der Waals surface area contributed by atoms with E-state index in [9.17, 15) is 17.6 Å². The first-order chi connectivity index (χ1) is 12.3. The molecule has 0 fully saturated rings. The zero-order chi connectivity index (χ0) is 18.5. The molecule has 0 unspecified atom stereocenters. The lowest BCUT2D eigenvalue weighted by atomic mass is 10.1. The third-order valence-electron chi connectivity index (χ3n) is 4.04. The van der Waals surface area contributed by atoms with Crippen LogP contribution >= 0.6 is 0 Å². The Morgan fingerprint density at radius 2 is 2.00 bits per heavy atom. The molecule has 0 aromatic carbocycles. The molecule has 0 aliphatic rings. The van der Waals surface area contributed by atoms with Gasteiger partial charge in [-0.1, -0.05) is 0 Å². The van der Waals surface area contributed by atoms with Crippen LogP contribution < -0.4 is 5.32 Å². The average molecular weight is 364 g/mol. The van der Waals surface area contributed by atoms with Crippen molar-refractivity contribution in [2.45, 2.75) is 19.1 Å². The summed E-state index contributed by atoms with van der Waals surface area (Å²) in [5.41, 5.74) is 2.23. The first-order valence-electron chi connectivity index (χ1n) is 7.63. The number of imidazole rings is 1. The summed E-state index contributed by atoms with van der Waals surface area (Å²) in [6, 6.07) is 1.66. The van der Waals surface area contributed by atoms with Crippen LogP contribution in [0.2, 0.25) is 0 Å². The molecule has 0 aliphatic heterocycles. The van der Waals surface area contributed by atoms with Crippen molar-refractivity contribution >= 4 is 22.6 Å². The van der Waals surface area contributed by atoms with Crippen molar-refractivity contribution in [3.8, 4) is 11.1 Å². The fraction of sp³-hybridized carbons (Fsp3) is 0.188. The Hall–Kier alpha value is -3.17. The largest absolute Gasteiger partial charge is 0.408 e. The van der Waals surface area contributed by atoms with Gasteiger partial charge in [0.2, 0.25) is 11.9 Å². The number of alkyl halides is 3. The lowest BCUT2D eigenvalue weighted by molar-refractivity contribution is -0.138. The van der Waals surface area contributed by atoms with Crippen molar-refractivity contribution in [2.24, 2.45) is 0 Å². The maximum Gasteiger partial charge on any atom is 0.408 e. The lowest BCUT2D eigenvalue weighted by Gasteiger charge is -2.16. The third-order valence-corrected chi connectivity index (χ3v) is 4.04. The van der Waals surface area contributed by atoms with Crippen LogP contribution in [0.1, 0.15) is 6.92 Å². The smallest absolute Gasteiger partial charge is 0.345 e. The van der Waals surface area contributed by atoms with Gasteiger partial charge in [-0.2, -0.15) is 22.5 Å². The first kappa shape index (κ1) is 16.3. The Morgan fingerprint density at radius 3 is 2.77 bits per heavy atom. The summed E-state index contributed by atoms with van der Waals surface area (Å²) >= 11 is 0. The molecule has 134 valence electrons. The molecule has 0 radical (unpaired) electrons. The van der Waals surface area contributed by atoms with E-state index in [2.05, 4.69) is 25.3 Å². The maximum absolute atomic E-state index is 13.7. The van der Waals surface area contributed by atoms with E-state index < -0.39 is 18.2 Å². The zero-order valence-corrected chi connectivity index (χ0v) is 13.3.